The van der Waals surface area contributed by atoms with Crippen LogP contribution in [0.1, 0.15) is 24.8 Å². The zero-order valence-electron chi connectivity index (χ0n) is 9.35. The van der Waals surface area contributed by atoms with Crippen LogP contribution in [-0.4, -0.2) is 20.2 Å². The van der Waals surface area contributed by atoms with Crippen molar-refractivity contribution in [2.24, 2.45) is 0 Å². The predicted molar refractivity (Wildman–Crippen MR) is 67.1 cm³/mol. The van der Waals surface area contributed by atoms with Crippen molar-refractivity contribution in [2.45, 2.75) is 24.5 Å². The molecule has 0 saturated carbocycles. The lowest BCUT2D eigenvalue weighted by Crippen LogP contribution is -2.33. The Balaban J connectivity index is 2.58. The highest BCUT2D eigenvalue weighted by atomic mass is 35.5. The molecule has 1 aromatic rings. The van der Waals surface area contributed by atoms with Crippen LogP contribution in [0.3, 0.4) is 0 Å². The second-order valence-electron chi connectivity index (χ2n) is 3.82. The summed E-state index contributed by atoms with van der Waals surface area (Å²) in [5.41, 5.74) is 0.913. The molecule has 16 heavy (non-hydrogen) atoms. The summed E-state index contributed by atoms with van der Waals surface area (Å²) in [5.74, 6) is 0. The highest BCUT2D eigenvalue weighted by Gasteiger charge is 2.17. The Bertz CT molecular complexity index is 417. The lowest BCUT2D eigenvalue weighted by molar-refractivity contribution is 0.571. The van der Waals surface area contributed by atoms with Gasteiger partial charge in [-0.05, 0) is 19.4 Å². The number of hydrogen-bond donors (Lipinski definition) is 1. The van der Waals surface area contributed by atoms with E-state index in [0.29, 0.717) is 0 Å². The van der Waals surface area contributed by atoms with Crippen molar-refractivity contribution in [1.82, 2.24) is 4.72 Å². The van der Waals surface area contributed by atoms with Crippen LogP contribution >= 0.6 is 11.6 Å². The molecule has 0 aliphatic carbocycles. The summed E-state index contributed by atoms with van der Waals surface area (Å²) in [6, 6.07) is 9.40. The molecule has 0 fully saturated rings. The minimum atomic E-state index is -3.24. The summed E-state index contributed by atoms with van der Waals surface area (Å²) >= 11 is 6.09. The van der Waals surface area contributed by atoms with E-state index in [2.05, 4.69) is 4.72 Å². The highest BCUT2D eigenvalue weighted by Crippen LogP contribution is 2.19. The second-order valence-corrected chi connectivity index (χ2v) is 6.67. The average Bonchev–Trinajstić information content (AvgIpc) is 2.27. The third-order valence-corrected chi connectivity index (χ3v) is 4.46. The summed E-state index contributed by atoms with van der Waals surface area (Å²) in [6.45, 7) is 3.48. The van der Waals surface area contributed by atoms with E-state index in [-0.39, 0.29) is 11.9 Å². The molecule has 0 radical (unpaired) electrons. The Hall–Kier alpha value is -0.580. The number of nitrogens with one attached hydrogen (secondary N) is 1. The van der Waals surface area contributed by atoms with Gasteiger partial charge in [-0.1, -0.05) is 30.3 Å². The molecule has 0 heterocycles. The molecule has 1 N–H and O–H groups in total. The Kier molecular flexibility index (Phi) is 4.77. The Morgan fingerprint density at radius 1 is 1.25 bits per heavy atom. The summed E-state index contributed by atoms with van der Waals surface area (Å²) in [4.78, 5) is 0. The maximum atomic E-state index is 11.5. The van der Waals surface area contributed by atoms with Crippen molar-refractivity contribution in [3.63, 3.8) is 0 Å². The van der Waals surface area contributed by atoms with Crippen LogP contribution in [0.4, 0.5) is 0 Å². The van der Waals surface area contributed by atoms with Crippen molar-refractivity contribution >= 4 is 21.6 Å². The first-order valence-electron chi connectivity index (χ1n) is 5.11. The van der Waals surface area contributed by atoms with Crippen molar-refractivity contribution in [1.29, 1.82) is 0 Å². The van der Waals surface area contributed by atoms with E-state index in [0.717, 1.165) is 5.56 Å². The van der Waals surface area contributed by atoms with Gasteiger partial charge in [0.2, 0.25) is 10.0 Å². The van der Waals surface area contributed by atoms with Crippen molar-refractivity contribution in [3.8, 4) is 0 Å². The van der Waals surface area contributed by atoms with Crippen LogP contribution in [0.5, 0.6) is 0 Å². The summed E-state index contributed by atoms with van der Waals surface area (Å²) in [5, 5.41) is -0.776. The molecule has 1 rings (SSSR count). The first-order valence-corrected chi connectivity index (χ1v) is 7.09. The number of hydrogen-bond acceptors (Lipinski definition) is 2. The molecule has 0 bridgehead atoms. The molecule has 3 nitrogen and oxygen atoms in total. The molecule has 1 unspecified atom stereocenters. The van der Waals surface area contributed by atoms with Gasteiger partial charge in [0.05, 0.1) is 10.6 Å². The number of rotatable bonds is 5. The van der Waals surface area contributed by atoms with Crippen molar-refractivity contribution in [3.05, 3.63) is 35.9 Å². The first-order chi connectivity index (χ1) is 7.43. The van der Waals surface area contributed by atoms with E-state index in [1.54, 1.807) is 13.8 Å². The molecule has 1 atom stereocenters. The summed E-state index contributed by atoms with van der Waals surface area (Å²) < 4.78 is 25.5. The monoisotopic (exact) mass is 261 g/mol. The third kappa shape index (κ3) is 3.77. The topological polar surface area (TPSA) is 46.2 Å². The molecular formula is C11H16ClNO2S. The van der Waals surface area contributed by atoms with Gasteiger partial charge < -0.3 is 0 Å². The maximum absolute atomic E-state index is 11.5. The Morgan fingerprint density at radius 2 is 1.81 bits per heavy atom. The van der Waals surface area contributed by atoms with E-state index in [4.69, 9.17) is 11.6 Å². The molecule has 0 aliphatic rings. The largest absolute Gasteiger partial charge is 0.213 e. The zero-order chi connectivity index (χ0) is 12.2. The fraction of sp³-hybridized carbons (Fsp3) is 0.455. The molecule has 5 heteroatoms. The van der Waals surface area contributed by atoms with Gasteiger partial charge in [-0.15, -0.1) is 11.6 Å². The minimum absolute atomic E-state index is 0.214. The molecule has 0 amide bonds. The van der Waals surface area contributed by atoms with E-state index < -0.39 is 15.3 Å². The molecule has 0 aliphatic heterocycles. The summed E-state index contributed by atoms with van der Waals surface area (Å²) in [6.07, 6.45) is 0. The molecule has 1 aromatic carbocycles. The SMILES string of the molecule is CC(C)S(=O)(=O)NCC(Cl)c1ccccc1. The number of sulfonamides is 1. The van der Waals surface area contributed by atoms with Gasteiger partial charge in [-0.2, -0.15) is 0 Å². The zero-order valence-corrected chi connectivity index (χ0v) is 10.9. The van der Waals surface area contributed by atoms with Gasteiger partial charge in [-0.25, -0.2) is 13.1 Å². The third-order valence-electron chi connectivity index (χ3n) is 2.25. The van der Waals surface area contributed by atoms with E-state index in [1.807, 2.05) is 30.3 Å². The Morgan fingerprint density at radius 3 is 2.31 bits per heavy atom. The second kappa shape index (κ2) is 5.66. The van der Waals surface area contributed by atoms with Crippen LogP contribution in [0, 0.1) is 0 Å². The quantitative estimate of drug-likeness (QED) is 0.827. The van der Waals surface area contributed by atoms with Gasteiger partial charge >= 0.3 is 0 Å². The lowest BCUT2D eigenvalue weighted by atomic mass is 10.1. The number of alkyl halides is 1. The van der Waals surface area contributed by atoms with Gasteiger partial charge in [0.25, 0.3) is 0 Å². The fourth-order valence-electron chi connectivity index (χ4n) is 1.14. The van der Waals surface area contributed by atoms with Gasteiger partial charge in [0, 0.05) is 6.54 Å². The van der Waals surface area contributed by atoms with Crippen LogP contribution in [-0.2, 0) is 10.0 Å². The average molecular weight is 262 g/mol. The highest BCUT2D eigenvalue weighted by molar-refractivity contribution is 7.90. The molecule has 0 aromatic heterocycles. The van der Waals surface area contributed by atoms with Crippen LogP contribution in [0.25, 0.3) is 0 Å². The Labute approximate surface area is 102 Å². The van der Waals surface area contributed by atoms with Crippen LogP contribution < -0.4 is 4.72 Å². The van der Waals surface area contributed by atoms with Crippen molar-refractivity contribution < 1.29 is 8.42 Å². The molecular weight excluding hydrogens is 246 g/mol. The number of benzene rings is 1. The fourth-order valence-corrected chi connectivity index (χ4v) is 2.18. The van der Waals surface area contributed by atoms with Gasteiger partial charge in [0.15, 0.2) is 0 Å². The van der Waals surface area contributed by atoms with Gasteiger partial charge in [0.1, 0.15) is 0 Å². The first kappa shape index (κ1) is 13.5. The van der Waals surface area contributed by atoms with Crippen LogP contribution in [0.2, 0.25) is 0 Å². The molecule has 0 saturated heterocycles. The van der Waals surface area contributed by atoms with Gasteiger partial charge in [-0.3, -0.25) is 0 Å². The van der Waals surface area contributed by atoms with E-state index in [9.17, 15) is 8.42 Å². The van der Waals surface area contributed by atoms with Crippen molar-refractivity contribution in [2.75, 3.05) is 6.54 Å². The molecule has 0 spiro atoms. The van der Waals surface area contributed by atoms with Crippen LogP contribution in [0.15, 0.2) is 30.3 Å². The molecule has 90 valence electrons. The van der Waals surface area contributed by atoms with E-state index >= 15 is 0 Å². The summed E-state index contributed by atoms with van der Waals surface area (Å²) in [7, 11) is -3.24. The normalized spacial score (nSPS) is 14.0. The lowest BCUT2D eigenvalue weighted by Gasteiger charge is -2.13. The smallest absolute Gasteiger partial charge is 0.213 e. The predicted octanol–water partition coefficient (Wildman–Crippen LogP) is 2.29. The van der Waals surface area contributed by atoms with E-state index in [1.165, 1.54) is 0 Å². The number of halogens is 1. The maximum Gasteiger partial charge on any atom is 0.213 e. The minimum Gasteiger partial charge on any atom is -0.213 e. The standard InChI is InChI=1S/C11H16ClNO2S/c1-9(2)16(14,15)13-8-11(12)10-6-4-3-5-7-10/h3-7,9,11,13H,8H2,1-2H3.